The van der Waals surface area contributed by atoms with Crippen molar-refractivity contribution in [2.24, 2.45) is 0 Å². The van der Waals surface area contributed by atoms with Crippen molar-refractivity contribution in [3.8, 4) is 11.5 Å². The van der Waals surface area contributed by atoms with Crippen LogP contribution in [0.5, 0.6) is 11.5 Å². The molecular formula is C14H15BrN2O. The Bertz CT molecular complexity index is 546. The number of pyridine rings is 1. The lowest BCUT2D eigenvalue weighted by atomic mass is 10.1. The Morgan fingerprint density at radius 1 is 1.06 bits per heavy atom. The molecule has 1 aromatic carbocycles. The molecule has 0 bridgehead atoms. The molecule has 0 aliphatic carbocycles. The molecule has 3 nitrogen and oxygen atoms in total. The van der Waals surface area contributed by atoms with E-state index < -0.39 is 0 Å². The zero-order valence-electron chi connectivity index (χ0n) is 10.6. The second-order valence-electron chi connectivity index (χ2n) is 4.13. The van der Waals surface area contributed by atoms with E-state index in [1.165, 1.54) is 0 Å². The smallest absolute Gasteiger partial charge is 0.147 e. The number of benzene rings is 1. The van der Waals surface area contributed by atoms with E-state index in [4.69, 9.17) is 4.74 Å². The van der Waals surface area contributed by atoms with Crippen LogP contribution in [0.2, 0.25) is 0 Å². The summed E-state index contributed by atoms with van der Waals surface area (Å²) in [5, 5.41) is 3.04. The van der Waals surface area contributed by atoms with Gasteiger partial charge >= 0.3 is 0 Å². The molecule has 0 aliphatic rings. The fourth-order valence-corrected chi connectivity index (χ4v) is 1.94. The first kappa shape index (κ1) is 12.9. The number of aromatic nitrogens is 1. The van der Waals surface area contributed by atoms with Crippen molar-refractivity contribution in [1.82, 2.24) is 4.98 Å². The normalized spacial score (nSPS) is 10.2. The lowest BCUT2D eigenvalue weighted by Crippen LogP contribution is -1.92. The van der Waals surface area contributed by atoms with E-state index in [1.807, 2.05) is 39.1 Å². The Balaban J connectivity index is 2.28. The first-order chi connectivity index (χ1) is 8.60. The summed E-state index contributed by atoms with van der Waals surface area (Å²) in [5.41, 5.74) is 3.24. The standard InChI is InChI=1S/C14H15BrN2O/c1-9-4-12(5-10(2)14(9)15)18-13-6-11(16-3)7-17-8-13/h4-8,16H,1-3H3. The lowest BCUT2D eigenvalue weighted by Gasteiger charge is -2.10. The molecule has 1 aromatic heterocycles. The van der Waals surface area contributed by atoms with Crippen LogP contribution in [0.4, 0.5) is 5.69 Å². The number of rotatable bonds is 3. The van der Waals surface area contributed by atoms with Crippen molar-refractivity contribution in [3.63, 3.8) is 0 Å². The molecule has 0 saturated carbocycles. The zero-order chi connectivity index (χ0) is 13.1. The average Bonchev–Trinajstić information content (AvgIpc) is 2.36. The van der Waals surface area contributed by atoms with E-state index in [0.717, 1.165) is 32.8 Å². The summed E-state index contributed by atoms with van der Waals surface area (Å²) in [6.07, 6.45) is 3.46. The van der Waals surface area contributed by atoms with Gasteiger partial charge in [0, 0.05) is 17.6 Å². The Morgan fingerprint density at radius 3 is 2.33 bits per heavy atom. The number of nitrogens with zero attached hydrogens (tertiary/aromatic N) is 1. The van der Waals surface area contributed by atoms with Gasteiger partial charge in [-0.3, -0.25) is 4.98 Å². The van der Waals surface area contributed by atoms with E-state index in [2.05, 4.69) is 26.2 Å². The van der Waals surface area contributed by atoms with Gasteiger partial charge in [-0.05, 0) is 37.1 Å². The second-order valence-corrected chi connectivity index (χ2v) is 4.93. The molecule has 0 atom stereocenters. The maximum Gasteiger partial charge on any atom is 0.147 e. The molecule has 0 fully saturated rings. The van der Waals surface area contributed by atoms with Crippen LogP contribution in [0.3, 0.4) is 0 Å². The van der Waals surface area contributed by atoms with Gasteiger partial charge in [-0.2, -0.15) is 0 Å². The number of aryl methyl sites for hydroxylation is 2. The number of nitrogens with one attached hydrogen (secondary N) is 1. The highest BCUT2D eigenvalue weighted by Gasteiger charge is 2.05. The first-order valence-corrected chi connectivity index (χ1v) is 6.47. The summed E-state index contributed by atoms with van der Waals surface area (Å²) < 4.78 is 6.94. The van der Waals surface area contributed by atoms with Crippen LogP contribution < -0.4 is 10.1 Å². The average molecular weight is 307 g/mol. The molecule has 0 spiro atoms. The van der Waals surface area contributed by atoms with Gasteiger partial charge in [0.25, 0.3) is 0 Å². The van der Waals surface area contributed by atoms with Crippen molar-refractivity contribution in [1.29, 1.82) is 0 Å². The quantitative estimate of drug-likeness (QED) is 0.918. The van der Waals surface area contributed by atoms with Crippen molar-refractivity contribution >= 4 is 21.6 Å². The van der Waals surface area contributed by atoms with Gasteiger partial charge < -0.3 is 10.1 Å². The van der Waals surface area contributed by atoms with Gasteiger partial charge in [-0.15, -0.1) is 0 Å². The van der Waals surface area contributed by atoms with Gasteiger partial charge in [0.15, 0.2) is 0 Å². The summed E-state index contributed by atoms with van der Waals surface area (Å²) in [6.45, 7) is 4.10. The molecule has 1 N–H and O–H groups in total. The molecule has 2 rings (SSSR count). The van der Waals surface area contributed by atoms with Gasteiger partial charge in [0.05, 0.1) is 18.1 Å². The molecule has 0 unspecified atom stereocenters. The fraction of sp³-hybridized carbons (Fsp3) is 0.214. The molecular weight excluding hydrogens is 292 g/mol. The maximum atomic E-state index is 5.81. The molecule has 0 saturated heterocycles. The predicted octanol–water partition coefficient (Wildman–Crippen LogP) is 4.29. The van der Waals surface area contributed by atoms with Crippen LogP contribution in [0.25, 0.3) is 0 Å². The van der Waals surface area contributed by atoms with Crippen LogP contribution in [0.15, 0.2) is 35.1 Å². The van der Waals surface area contributed by atoms with Crippen LogP contribution in [-0.4, -0.2) is 12.0 Å². The third-order valence-corrected chi connectivity index (χ3v) is 3.90. The molecule has 2 aromatic rings. The van der Waals surface area contributed by atoms with Crippen molar-refractivity contribution in [2.45, 2.75) is 13.8 Å². The van der Waals surface area contributed by atoms with Gasteiger partial charge in [-0.25, -0.2) is 0 Å². The largest absolute Gasteiger partial charge is 0.456 e. The third kappa shape index (κ3) is 2.82. The number of ether oxygens (including phenoxy) is 1. The minimum Gasteiger partial charge on any atom is -0.456 e. The molecule has 0 amide bonds. The highest BCUT2D eigenvalue weighted by Crippen LogP contribution is 2.29. The van der Waals surface area contributed by atoms with E-state index in [1.54, 1.807) is 12.4 Å². The Kier molecular flexibility index (Phi) is 3.87. The van der Waals surface area contributed by atoms with E-state index in [-0.39, 0.29) is 0 Å². The minimum absolute atomic E-state index is 0.725. The number of anilines is 1. The highest BCUT2D eigenvalue weighted by molar-refractivity contribution is 9.10. The summed E-state index contributed by atoms with van der Waals surface area (Å²) in [4.78, 5) is 4.12. The van der Waals surface area contributed by atoms with Gasteiger partial charge in [0.1, 0.15) is 11.5 Å². The number of hydrogen-bond acceptors (Lipinski definition) is 3. The molecule has 18 heavy (non-hydrogen) atoms. The first-order valence-electron chi connectivity index (χ1n) is 5.67. The second kappa shape index (κ2) is 5.40. The topological polar surface area (TPSA) is 34.2 Å². The maximum absolute atomic E-state index is 5.81. The molecule has 1 heterocycles. The molecule has 0 aliphatic heterocycles. The van der Waals surface area contributed by atoms with E-state index >= 15 is 0 Å². The third-order valence-electron chi connectivity index (χ3n) is 2.65. The molecule has 4 heteroatoms. The number of hydrogen-bond donors (Lipinski definition) is 1. The van der Waals surface area contributed by atoms with Crippen LogP contribution in [-0.2, 0) is 0 Å². The summed E-state index contributed by atoms with van der Waals surface area (Å²) >= 11 is 3.54. The predicted molar refractivity (Wildman–Crippen MR) is 77.5 cm³/mol. The molecule has 0 radical (unpaired) electrons. The van der Waals surface area contributed by atoms with E-state index in [9.17, 15) is 0 Å². The summed E-state index contributed by atoms with van der Waals surface area (Å²) in [7, 11) is 1.86. The Morgan fingerprint density at radius 2 is 1.72 bits per heavy atom. The van der Waals surface area contributed by atoms with Gasteiger partial charge in [-0.1, -0.05) is 15.9 Å². The summed E-state index contributed by atoms with van der Waals surface area (Å²) in [6, 6.07) is 5.92. The Labute approximate surface area is 115 Å². The molecule has 94 valence electrons. The lowest BCUT2D eigenvalue weighted by molar-refractivity contribution is 0.479. The van der Waals surface area contributed by atoms with Crippen LogP contribution in [0.1, 0.15) is 11.1 Å². The van der Waals surface area contributed by atoms with Crippen molar-refractivity contribution in [3.05, 3.63) is 46.2 Å². The van der Waals surface area contributed by atoms with Crippen LogP contribution >= 0.6 is 15.9 Å². The zero-order valence-corrected chi connectivity index (χ0v) is 12.2. The summed E-state index contributed by atoms with van der Waals surface area (Å²) in [5.74, 6) is 1.55. The Hall–Kier alpha value is -1.55. The number of halogens is 1. The SMILES string of the molecule is CNc1cncc(Oc2cc(C)c(Br)c(C)c2)c1. The van der Waals surface area contributed by atoms with Crippen molar-refractivity contribution in [2.75, 3.05) is 12.4 Å². The van der Waals surface area contributed by atoms with Crippen LogP contribution in [0, 0.1) is 13.8 Å². The highest BCUT2D eigenvalue weighted by atomic mass is 79.9. The minimum atomic E-state index is 0.725. The monoisotopic (exact) mass is 306 g/mol. The fourth-order valence-electron chi connectivity index (χ4n) is 1.71. The van der Waals surface area contributed by atoms with E-state index in [0.29, 0.717) is 0 Å². The van der Waals surface area contributed by atoms with Crippen molar-refractivity contribution < 1.29 is 4.74 Å². The van der Waals surface area contributed by atoms with Gasteiger partial charge in [0.2, 0.25) is 0 Å².